The molecule has 1 saturated heterocycles. The molecule has 0 aliphatic carbocycles. The summed E-state index contributed by atoms with van der Waals surface area (Å²) in [7, 11) is 0. The SMILES string of the molecule is CCOc1cc(C(F)(F)F)nc(N2CCCNCC2)n1. The first-order valence-corrected chi connectivity index (χ1v) is 6.55. The van der Waals surface area contributed by atoms with Gasteiger partial charge in [-0.3, -0.25) is 0 Å². The molecule has 0 atom stereocenters. The Morgan fingerprint density at radius 3 is 2.80 bits per heavy atom. The van der Waals surface area contributed by atoms with E-state index in [-0.39, 0.29) is 18.4 Å². The van der Waals surface area contributed by atoms with Crippen LogP contribution in [0.25, 0.3) is 0 Å². The number of hydrogen-bond acceptors (Lipinski definition) is 5. The summed E-state index contributed by atoms with van der Waals surface area (Å²) in [6.45, 7) is 4.70. The van der Waals surface area contributed by atoms with Crippen molar-refractivity contribution in [2.24, 2.45) is 0 Å². The van der Waals surface area contributed by atoms with E-state index in [1.165, 1.54) is 0 Å². The quantitative estimate of drug-likeness (QED) is 0.918. The van der Waals surface area contributed by atoms with Gasteiger partial charge in [0.15, 0.2) is 5.69 Å². The van der Waals surface area contributed by atoms with Gasteiger partial charge in [0.2, 0.25) is 11.8 Å². The van der Waals surface area contributed by atoms with Crippen LogP contribution >= 0.6 is 0 Å². The minimum atomic E-state index is -4.51. The second kappa shape index (κ2) is 6.25. The lowest BCUT2D eigenvalue weighted by Crippen LogP contribution is -2.30. The lowest BCUT2D eigenvalue weighted by atomic mass is 10.3. The van der Waals surface area contributed by atoms with Crippen LogP contribution in [-0.4, -0.2) is 42.8 Å². The van der Waals surface area contributed by atoms with E-state index < -0.39 is 11.9 Å². The normalized spacial score (nSPS) is 16.9. The molecule has 8 heteroatoms. The maximum Gasteiger partial charge on any atom is 0.433 e. The Morgan fingerprint density at radius 2 is 2.10 bits per heavy atom. The van der Waals surface area contributed by atoms with E-state index in [4.69, 9.17) is 4.74 Å². The molecule has 0 radical (unpaired) electrons. The number of ether oxygens (including phenoxy) is 1. The molecule has 1 fully saturated rings. The fraction of sp³-hybridized carbons (Fsp3) is 0.667. The highest BCUT2D eigenvalue weighted by atomic mass is 19.4. The van der Waals surface area contributed by atoms with Crippen molar-refractivity contribution in [1.29, 1.82) is 0 Å². The number of hydrogen-bond donors (Lipinski definition) is 1. The molecule has 0 unspecified atom stereocenters. The zero-order valence-electron chi connectivity index (χ0n) is 11.2. The number of rotatable bonds is 3. The standard InChI is InChI=1S/C12H17F3N4O/c1-2-20-10-8-9(12(13,14)15)17-11(18-10)19-6-3-4-16-5-7-19/h8,16H,2-7H2,1H3. The Labute approximate surface area is 115 Å². The molecular weight excluding hydrogens is 273 g/mol. The summed E-state index contributed by atoms with van der Waals surface area (Å²) in [5.41, 5.74) is -0.969. The van der Waals surface area contributed by atoms with Gasteiger partial charge in [0.1, 0.15) is 0 Å². The molecular formula is C12H17F3N4O. The minimum Gasteiger partial charge on any atom is -0.478 e. The lowest BCUT2D eigenvalue weighted by molar-refractivity contribution is -0.141. The summed E-state index contributed by atoms with van der Waals surface area (Å²) in [4.78, 5) is 9.45. The molecule has 20 heavy (non-hydrogen) atoms. The zero-order chi connectivity index (χ0) is 14.6. The highest BCUT2D eigenvalue weighted by Crippen LogP contribution is 2.31. The van der Waals surface area contributed by atoms with E-state index in [9.17, 15) is 13.2 Å². The van der Waals surface area contributed by atoms with Gasteiger partial charge in [-0.15, -0.1) is 0 Å². The van der Waals surface area contributed by atoms with E-state index in [1.54, 1.807) is 11.8 Å². The molecule has 1 aromatic rings. The summed E-state index contributed by atoms with van der Waals surface area (Å²) in [5.74, 6) is 0.0361. The molecule has 0 bridgehead atoms. The maximum absolute atomic E-state index is 12.9. The van der Waals surface area contributed by atoms with Gasteiger partial charge in [-0.05, 0) is 19.9 Å². The molecule has 5 nitrogen and oxygen atoms in total. The van der Waals surface area contributed by atoms with E-state index >= 15 is 0 Å². The van der Waals surface area contributed by atoms with Crippen molar-refractivity contribution >= 4 is 5.95 Å². The summed E-state index contributed by atoms with van der Waals surface area (Å²) in [5, 5.41) is 3.18. The molecule has 1 aliphatic rings. The first kappa shape index (κ1) is 14.8. The number of aromatic nitrogens is 2. The van der Waals surface area contributed by atoms with Gasteiger partial charge in [0.25, 0.3) is 0 Å². The van der Waals surface area contributed by atoms with Gasteiger partial charge in [-0.1, -0.05) is 0 Å². The van der Waals surface area contributed by atoms with Gasteiger partial charge in [0.05, 0.1) is 6.61 Å². The molecule has 2 rings (SSSR count). The van der Waals surface area contributed by atoms with Gasteiger partial charge in [-0.2, -0.15) is 18.2 Å². The molecule has 0 aromatic carbocycles. The lowest BCUT2D eigenvalue weighted by Gasteiger charge is -2.21. The Morgan fingerprint density at radius 1 is 1.30 bits per heavy atom. The minimum absolute atomic E-state index is 0.0398. The fourth-order valence-electron chi connectivity index (χ4n) is 1.97. The van der Waals surface area contributed by atoms with Crippen LogP contribution in [-0.2, 0) is 6.18 Å². The Balaban J connectivity index is 2.32. The van der Waals surface area contributed by atoms with Gasteiger partial charge < -0.3 is 15.0 Å². The fourth-order valence-corrected chi connectivity index (χ4v) is 1.97. The van der Waals surface area contributed by atoms with Crippen LogP contribution < -0.4 is 15.0 Å². The van der Waals surface area contributed by atoms with E-state index in [0.717, 1.165) is 19.0 Å². The van der Waals surface area contributed by atoms with Crippen LogP contribution in [0.15, 0.2) is 6.07 Å². The van der Waals surface area contributed by atoms with Crippen LogP contribution in [0, 0.1) is 0 Å². The molecule has 2 heterocycles. The third-order valence-electron chi connectivity index (χ3n) is 2.90. The van der Waals surface area contributed by atoms with Crippen LogP contribution in [0.4, 0.5) is 19.1 Å². The average Bonchev–Trinajstić information content (AvgIpc) is 2.66. The average molecular weight is 290 g/mol. The number of halogens is 3. The van der Waals surface area contributed by atoms with E-state index in [2.05, 4.69) is 15.3 Å². The topological polar surface area (TPSA) is 50.3 Å². The van der Waals surface area contributed by atoms with Crippen molar-refractivity contribution in [1.82, 2.24) is 15.3 Å². The second-order valence-corrected chi connectivity index (χ2v) is 4.41. The van der Waals surface area contributed by atoms with Crippen molar-refractivity contribution in [3.05, 3.63) is 11.8 Å². The predicted molar refractivity (Wildman–Crippen MR) is 67.9 cm³/mol. The van der Waals surface area contributed by atoms with E-state index in [0.29, 0.717) is 19.6 Å². The molecule has 1 N–H and O–H groups in total. The zero-order valence-corrected chi connectivity index (χ0v) is 11.2. The highest BCUT2D eigenvalue weighted by Gasteiger charge is 2.34. The summed E-state index contributed by atoms with van der Waals surface area (Å²) in [6.07, 6.45) is -3.67. The number of nitrogens with one attached hydrogen (secondary N) is 1. The van der Waals surface area contributed by atoms with Crippen LogP contribution in [0.1, 0.15) is 19.0 Å². The molecule has 112 valence electrons. The highest BCUT2D eigenvalue weighted by molar-refractivity contribution is 5.35. The smallest absolute Gasteiger partial charge is 0.433 e. The van der Waals surface area contributed by atoms with E-state index in [1.807, 2.05) is 0 Å². The van der Waals surface area contributed by atoms with Crippen LogP contribution in [0.3, 0.4) is 0 Å². The largest absolute Gasteiger partial charge is 0.478 e. The van der Waals surface area contributed by atoms with Crippen LogP contribution in [0.2, 0.25) is 0 Å². The molecule has 0 saturated carbocycles. The first-order chi connectivity index (χ1) is 9.50. The molecule has 1 aromatic heterocycles. The summed E-state index contributed by atoms with van der Waals surface area (Å²) in [6, 6.07) is 0.836. The Bertz CT molecular complexity index is 445. The summed E-state index contributed by atoms with van der Waals surface area (Å²) < 4.78 is 43.7. The number of nitrogens with zero attached hydrogens (tertiary/aromatic N) is 3. The maximum atomic E-state index is 12.9. The first-order valence-electron chi connectivity index (χ1n) is 6.55. The Hall–Kier alpha value is -1.57. The predicted octanol–water partition coefficient (Wildman–Crippen LogP) is 1.69. The Kier molecular flexibility index (Phi) is 4.64. The molecule has 1 aliphatic heterocycles. The monoisotopic (exact) mass is 290 g/mol. The van der Waals surface area contributed by atoms with Crippen molar-refractivity contribution in [2.45, 2.75) is 19.5 Å². The van der Waals surface area contributed by atoms with Gasteiger partial charge in [0, 0.05) is 25.7 Å². The number of alkyl halides is 3. The third kappa shape index (κ3) is 3.72. The molecule has 0 spiro atoms. The van der Waals surface area contributed by atoms with Crippen molar-refractivity contribution in [3.8, 4) is 5.88 Å². The third-order valence-corrected chi connectivity index (χ3v) is 2.90. The second-order valence-electron chi connectivity index (χ2n) is 4.41. The number of anilines is 1. The summed E-state index contributed by atoms with van der Waals surface area (Å²) >= 11 is 0. The van der Waals surface area contributed by atoms with Gasteiger partial charge in [-0.25, -0.2) is 4.98 Å². The van der Waals surface area contributed by atoms with Crippen LogP contribution in [0.5, 0.6) is 5.88 Å². The van der Waals surface area contributed by atoms with Gasteiger partial charge >= 0.3 is 6.18 Å². The van der Waals surface area contributed by atoms with Crippen molar-refractivity contribution < 1.29 is 17.9 Å². The van der Waals surface area contributed by atoms with Crippen molar-refractivity contribution in [3.63, 3.8) is 0 Å². The van der Waals surface area contributed by atoms with Crippen molar-refractivity contribution in [2.75, 3.05) is 37.7 Å². The molecule has 0 amide bonds.